The summed E-state index contributed by atoms with van der Waals surface area (Å²) in [4.78, 5) is 22.3. The van der Waals surface area contributed by atoms with Crippen LogP contribution in [0.4, 0.5) is 24.5 Å². The number of nitrogens with zero attached hydrogens (tertiary/aromatic N) is 1. The zero-order valence-electron chi connectivity index (χ0n) is 13.8. The lowest BCUT2D eigenvalue weighted by atomic mass is 10.1. The van der Waals surface area contributed by atoms with E-state index in [2.05, 4.69) is 5.32 Å². The Morgan fingerprint density at radius 2 is 1.77 bits per heavy atom. The van der Waals surface area contributed by atoms with Crippen LogP contribution in [0, 0.1) is 10.1 Å². The van der Waals surface area contributed by atoms with E-state index in [1.54, 1.807) is 13.8 Å². The maximum atomic E-state index is 12.9. The van der Waals surface area contributed by atoms with Gasteiger partial charge in [-0.1, -0.05) is 0 Å². The number of ether oxygens (including phenoxy) is 1. The van der Waals surface area contributed by atoms with Gasteiger partial charge < -0.3 is 10.1 Å². The molecule has 0 unspecified atom stereocenters. The van der Waals surface area contributed by atoms with Crippen LogP contribution in [0.1, 0.15) is 29.8 Å². The molecule has 0 saturated carbocycles. The third kappa shape index (κ3) is 4.71. The third-order valence-electron chi connectivity index (χ3n) is 3.26. The summed E-state index contributed by atoms with van der Waals surface area (Å²) >= 11 is 0. The summed E-state index contributed by atoms with van der Waals surface area (Å²) in [7, 11) is 0. The van der Waals surface area contributed by atoms with Crippen LogP contribution in [-0.4, -0.2) is 16.9 Å². The number of alkyl halides is 3. The van der Waals surface area contributed by atoms with E-state index in [4.69, 9.17) is 4.74 Å². The van der Waals surface area contributed by atoms with Crippen molar-refractivity contribution in [2.24, 2.45) is 0 Å². The van der Waals surface area contributed by atoms with Crippen molar-refractivity contribution in [3.63, 3.8) is 0 Å². The normalized spacial score (nSPS) is 11.3. The van der Waals surface area contributed by atoms with Gasteiger partial charge in [0.15, 0.2) is 0 Å². The predicted molar refractivity (Wildman–Crippen MR) is 88.3 cm³/mol. The number of halogens is 3. The molecule has 2 aromatic carbocycles. The van der Waals surface area contributed by atoms with Crippen LogP contribution >= 0.6 is 0 Å². The number of rotatable bonds is 5. The van der Waals surface area contributed by atoms with Crippen molar-refractivity contribution in [3.05, 3.63) is 63.7 Å². The fourth-order valence-electron chi connectivity index (χ4n) is 2.09. The van der Waals surface area contributed by atoms with Crippen molar-refractivity contribution >= 4 is 17.3 Å². The summed E-state index contributed by atoms with van der Waals surface area (Å²) in [6.45, 7) is 3.39. The van der Waals surface area contributed by atoms with E-state index in [9.17, 15) is 28.1 Å². The number of non-ortho nitro benzene ring substituents is 1. The number of benzene rings is 2. The minimum atomic E-state index is -4.58. The Bertz CT molecular complexity index is 818. The molecule has 0 fully saturated rings. The van der Waals surface area contributed by atoms with Gasteiger partial charge in [-0.15, -0.1) is 0 Å². The summed E-state index contributed by atoms with van der Waals surface area (Å²) in [6.07, 6.45) is -4.90. The Hall–Kier alpha value is -3.10. The van der Waals surface area contributed by atoms with Crippen molar-refractivity contribution in [2.75, 3.05) is 5.32 Å². The lowest BCUT2D eigenvalue weighted by molar-refractivity contribution is -0.384. The summed E-state index contributed by atoms with van der Waals surface area (Å²) < 4.78 is 44.2. The smallest absolute Gasteiger partial charge is 0.416 e. The second kappa shape index (κ2) is 7.42. The van der Waals surface area contributed by atoms with Crippen LogP contribution in [-0.2, 0) is 6.18 Å². The van der Waals surface area contributed by atoms with E-state index in [1.165, 1.54) is 12.1 Å². The van der Waals surface area contributed by atoms with E-state index < -0.39 is 22.6 Å². The van der Waals surface area contributed by atoms with Crippen LogP contribution in [0.3, 0.4) is 0 Å². The van der Waals surface area contributed by atoms with E-state index in [0.29, 0.717) is 0 Å². The minimum absolute atomic E-state index is 0.0588. The average Bonchev–Trinajstić information content (AvgIpc) is 2.55. The van der Waals surface area contributed by atoms with Crippen molar-refractivity contribution in [1.82, 2.24) is 0 Å². The molecule has 0 heterocycles. The molecule has 0 atom stereocenters. The molecule has 1 amide bonds. The highest BCUT2D eigenvalue weighted by molar-refractivity contribution is 6.05. The Morgan fingerprint density at radius 1 is 1.15 bits per heavy atom. The molecule has 6 nitrogen and oxygen atoms in total. The molecule has 138 valence electrons. The quantitative estimate of drug-likeness (QED) is 0.615. The van der Waals surface area contributed by atoms with Crippen LogP contribution in [0.15, 0.2) is 42.5 Å². The summed E-state index contributed by atoms with van der Waals surface area (Å²) in [5, 5.41) is 13.0. The molecule has 1 N–H and O–H groups in total. The number of anilines is 1. The van der Waals surface area contributed by atoms with Gasteiger partial charge in [0.25, 0.3) is 11.6 Å². The van der Waals surface area contributed by atoms with Gasteiger partial charge in [-0.05, 0) is 44.2 Å². The van der Waals surface area contributed by atoms with Gasteiger partial charge in [0.2, 0.25) is 0 Å². The summed E-state index contributed by atoms with van der Waals surface area (Å²) in [6, 6.07) is 7.46. The number of carbonyl (C=O) groups excluding carboxylic acids is 1. The van der Waals surface area contributed by atoms with Gasteiger partial charge in [0.05, 0.1) is 22.3 Å². The molecular formula is C17H15F3N2O4. The highest BCUT2D eigenvalue weighted by Gasteiger charge is 2.31. The first-order valence-corrected chi connectivity index (χ1v) is 7.51. The van der Waals surface area contributed by atoms with Crippen LogP contribution < -0.4 is 10.1 Å². The molecule has 0 aliphatic heterocycles. The number of hydrogen-bond donors (Lipinski definition) is 1. The fourth-order valence-corrected chi connectivity index (χ4v) is 2.09. The van der Waals surface area contributed by atoms with Gasteiger partial charge in [-0.2, -0.15) is 13.2 Å². The number of nitrogens with one attached hydrogen (secondary N) is 1. The number of nitro benzene ring substituents is 1. The molecule has 0 radical (unpaired) electrons. The lowest BCUT2D eigenvalue weighted by Crippen LogP contribution is -2.16. The van der Waals surface area contributed by atoms with Crippen molar-refractivity contribution < 1.29 is 27.6 Å². The summed E-state index contributed by atoms with van der Waals surface area (Å²) in [5.41, 5.74) is -1.22. The molecular weight excluding hydrogens is 353 g/mol. The van der Waals surface area contributed by atoms with E-state index >= 15 is 0 Å². The molecule has 0 aliphatic carbocycles. The number of amides is 1. The monoisotopic (exact) mass is 368 g/mol. The summed E-state index contributed by atoms with van der Waals surface area (Å²) in [5.74, 6) is -0.629. The molecule has 0 bridgehead atoms. The maximum Gasteiger partial charge on any atom is 0.416 e. The molecule has 0 aromatic heterocycles. The Labute approximate surface area is 146 Å². The van der Waals surface area contributed by atoms with Crippen molar-refractivity contribution in [3.8, 4) is 5.75 Å². The third-order valence-corrected chi connectivity index (χ3v) is 3.26. The average molecular weight is 368 g/mol. The number of hydrogen-bond acceptors (Lipinski definition) is 4. The minimum Gasteiger partial charge on any atom is -0.489 e. The van der Waals surface area contributed by atoms with E-state index in [-0.39, 0.29) is 28.8 Å². The molecule has 0 spiro atoms. The zero-order valence-corrected chi connectivity index (χ0v) is 13.8. The zero-order chi connectivity index (χ0) is 19.5. The van der Waals surface area contributed by atoms with Gasteiger partial charge in [-0.3, -0.25) is 14.9 Å². The SMILES string of the molecule is CC(C)Oc1ccc(C(F)(F)F)cc1NC(=O)c1ccc([N+](=O)[O-])cc1. The Kier molecular flexibility index (Phi) is 5.49. The van der Waals surface area contributed by atoms with Crippen molar-refractivity contribution in [2.45, 2.75) is 26.1 Å². The highest BCUT2D eigenvalue weighted by Crippen LogP contribution is 2.35. The largest absolute Gasteiger partial charge is 0.489 e. The first-order valence-electron chi connectivity index (χ1n) is 7.51. The highest BCUT2D eigenvalue weighted by atomic mass is 19.4. The molecule has 2 rings (SSSR count). The maximum absolute atomic E-state index is 12.9. The molecule has 0 saturated heterocycles. The van der Waals surface area contributed by atoms with Gasteiger partial charge >= 0.3 is 6.18 Å². The predicted octanol–water partition coefficient (Wildman–Crippen LogP) is 4.65. The number of carbonyl (C=O) groups is 1. The fraction of sp³-hybridized carbons (Fsp3) is 0.235. The topological polar surface area (TPSA) is 81.5 Å². The molecule has 9 heteroatoms. The van der Waals surface area contributed by atoms with Gasteiger partial charge in [0, 0.05) is 17.7 Å². The molecule has 0 aliphatic rings. The first kappa shape index (κ1) is 19.2. The van der Waals surface area contributed by atoms with Crippen LogP contribution in [0.5, 0.6) is 5.75 Å². The first-order chi connectivity index (χ1) is 12.1. The van der Waals surface area contributed by atoms with E-state index in [0.717, 1.165) is 30.3 Å². The molecule has 26 heavy (non-hydrogen) atoms. The number of nitro groups is 1. The second-order valence-corrected chi connectivity index (χ2v) is 5.63. The van der Waals surface area contributed by atoms with Gasteiger partial charge in [0.1, 0.15) is 5.75 Å². The lowest BCUT2D eigenvalue weighted by Gasteiger charge is -2.17. The van der Waals surface area contributed by atoms with Crippen molar-refractivity contribution in [1.29, 1.82) is 0 Å². The van der Waals surface area contributed by atoms with Crippen LogP contribution in [0.25, 0.3) is 0 Å². The Morgan fingerprint density at radius 3 is 2.27 bits per heavy atom. The van der Waals surface area contributed by atoms with E-state index in [1.807, 2.05) is 0 Å². The second-order valence-electron chi connectivity index (χ2n) is 5.63. The van der Waals surface area contributed by atoms with Crippen LogP contribution in [0.2, 0.25) is 0 Å². The van der Waals surface area contributed by atoms with Gasteiger partial charge in [-0.25, -0.2) is 0 Å². The standard InChI is InChI=1S/C17H15F3N2O4/c1-10(2)26-15-8-5-12(17(18,19)20)9-14(15)21-16(23)11-3-6-13(7-4-11)22(24)25/h3-10H,1-2H3,(H,21,23). The Balaban J connectivity index is 2.32. The molecule has 2 aromatic rings.